The molecule has 2 atom stereocenters. The first-order chi connectivity index (χ1) is 10.5. The summed E-state index contributed by atoms with van der Waals surface area (Å²) in [6, 6.07) is 7.67. The maximum Gasteiger partial charge on any atom is 0.326 e. The number of carboxylic acids is 1. The number of carboxylic acid groups (broad SMARTS) is 1. The largest absolute Gasteiger partial charge is 0.480 e. The zero-order chi connectivity index (χ0) is 16.1. The first kappa shape index (κ1) is 16.5. The third-order valence-corrected chi connectivity index (χ3v) is 4.45. The highest BCUT2D eigenvalue weighted by atomic mass is 16.4. The number of aryl methyl sites for hydroxylation is 2. The van der Waals surface area contributed by atoms with Crippen molar-refractivity contribution in [2.45, 2.75) is 52.0 Å². The van der Waals surface area contributed by atoms with Gasteiger partial charge in [0.05, 0.1) is 0 Å². The number of benzene rings is 1. The SMILES string of the molecule is Cc1ccc(CCCC(=O)N2CCC(C)CC2C(=O)O)cc1. The van der Waals surface area contributed by atoms with Crippen LogP contribution >= 0.6 is 0 Å². The van der Waals surface area contributed by atoms with Crippen LogP contribution in [-0.4, -0.2) is 34.5 Å². The van der Waals surface area contributed by atoms with E-state index in [1.54, 1.807) is 4.90 Å². The molecule has 2 unspecified atom stereocenters. The summed E-state index contributed by atoms with van der Waals surface area (Å²) in [5, 5.41) is 9.31. The summed E-state index contributed by atoms with van der Waals surface area (Å²) >= 11 is 0. The first-order valence-electron chi connectivity index (χ1n) is 8.05. The van der Waals surface area contributed by atoms with Crippen molar-refractivity contribution in [2.24, 2.45) is 5.92 Å². The highest BCUT2D eigenvalue weighted by Gasteiger charge is 2.34. The van der Waals surface area contributed by atoms with Crippen molar-refractivity contribution in [1.82, 2.24) is 4.90 Å². The molecular weight excluding hydrogens is 278 g/mol. The first-order valence-corrected chi connectivity index (χ1v) is 8.05. The minimum absolute atomic E-state index is 0.0218. The van der Waals surface area contributed by atoms with Crippen molar-refractivity contribution in [3.63, 3.8) is 0 Å². The number of carbonyl (C=O) groups excluding carboxylic acids is 1. The molecule has 0 saturated carbocycles. The van der Waals surface area contributed by atoms with Crippen molar-refractivity contribution in [3.05, 3.63) is 35.4 Å². The molecule has 1 saturated heterocycles. The molecule has 0 aromatic heterocycles. The van der Waals surface area contributed by atoms with Crippen LogP contribution in [0.5, 0.6) is 0 Å². The van der Waals surface area contributed by atoms with Gasteiger partial charge in [-0.3, -0.25) is 4.79 Å². The van der Waals surface area contributed by atoms with Crippen LogP contribution in [0.4, 0.5) is 0 Å². The fraction of sp³-hybridized carbons (Fsp3) is 0.556. The van der Waals surface area contributed by atoms with Gasteiger partial charge in [0.2, 0.25) is 5.91 Å². The Bertz CT molecular complexity index is 524. The van der Waals surface area contributed by atoms with Crippen LogP contribution in [0.3, 0.4) is 0 Å². The Balaban J connectivity index is 1.85. The summed E-state index contributed by atoms with van der Waals surface area (Å²) in [6.07, 6.45) is 3.51. The van der Waals surface area contributed by atoms with E-state index < -0.39 is 12.0 Å². The third-order valence-electron chi connectivity index (χ3n) is 4.45. The lowest BCUT2D eigenvalue weighted by Crippen LogP contribution is -2.49. The van der Waals surface area contributed by atoms with E-state index in [1.807, 2.05) is 0 Å². The molecule has 1 heterocycles. The predicted octanol–water partition coefficient (Wildman–Crippen LogP) is 3.03. The minimum Gasteiger partial charge on any atom is -0.480 e. The lowest BCUT2D eigenvalue weighted by molar-refractivity contribution is -0.153. The van der Waals surface area contributed by atoms with Gasteiger partial charge in [-0.1, -0.05) is 36.8 Å². The topological polar surface area (TPSA) is 57.6 Å². The van der Waals surface area contributed by atoms with E-state index in [0.29, 0.717) is 25.3 Å². The smallest absolute Gasteiger partial charge is 0.326 e. The normalized spacial score (nSPS) is 21.6. The zero-order valence-corrected chi connectivity index (χ0v) is 13.4. The van der Waals surface area contributed by atoms with E-state index in [1.165, 1.54) is 11.1 Å². The molecule has 1 amide bonds. The number of aliphatic carboxylic acids is 1. The van der Waals surface area contributed by atoms with E-state index in [0.717, 1.165) is 19.3 Å². The lowest BCUT2D eigenvalue weighted by Gasteiger charge is -2.36. The molecule has 1 aromatic carbocycles. The Hall–Kier alpha value is -1.84. The Labute approximate surface area is 132 Å². The van der Waals surface area contributed by atoms with Crippen LogP contribution in [-0.2, 0) is 16.0 Å². The molecule has 4 nitrogen and oxygen atoms in total. The number of carbonyl (C=O) groups is 2. The number of amides is 1. The van der Waals surface area contributed by atoms with E-state index >= 15 is 0 Å². The fourth-order valence-corrected chi connectivity index (χ4v) is 3.02. The van der Waals surface area contributed by atoms with E-state index in [9.17, 15) is 14.7 Å². The number of rotatable bonds is 5. The second-order valence-electron chi connectivity index (χ2n) is 6.41. The van der Waals surface area contributed by atoms with Crippen molar-refractivity contribution in [2.75, 3.05) is 6.54 Å². The second kappa shape index (κ2) is 7.43. The molecule has 1 N–H and O–H groups in total. The molecule has 0 radical (unpaired) electrons. The molecule has 120 valence electrons. The molecular formula is C18H25NO3. The molecule has 22 heavy (non-hydrogen) atoms. The standard InChI is InChI=1S/C18H25NO3/c1-13-6-8-15(9-7-13)4-3-5-17(20)19-11-10-14(2)12-16(19)18(21)22/h6-9,14,16H,3-5,10-12H2,1-2H3,(H,21,22). The second-order valence-corrected chi connectivity index (χ2v) is 6.41. The molecule has 0 aliphatic carbocycles. The highest BCUT2D eigenvalue weighted by Crippen LogP contribution is 2.23. The van der Waals surface area contributed by atoms with Gasteiger partial charge in [0, 0.05) is 13.0 Å². The van der Waals surface area contributed by atoms with Gasteiger partial charge in [0.1, 0.15) is 6.04 Å². The average molecular weight is 303 g/mol. The van der Waals surface area contributed by atoms with Gasteiger partial charge >= 0.3 is 5.97 Å². The van der Waals surface area contributed by atoms with Gasteiger partial charge in [0.15, 0.2) is 0 Å². The summed E-state index contributed by atoms with van der Waals surface area (Å²) in [5.74, 6) is -0.525. The van der Waals surface area contributed by atoms with Crippen LogP contribution in [0.15, 0.2) is 24.3 Å². The monoisotopic (exact) mass is 303 g/mol. The summed E-state index contributed by atoms with van der Waals surface area (Å²) in [6.45, 7) is 4.67. The summed E-state index contributed by atoms with van der Waals surface area (Å²) < 4.78 is 0. The quantitative estimate of drug-likeness (QED) is 0.909. The summed E-state index contributed by atoms with van der Waals surface area (Å²) in [7, 11) is 0. The minimum atomic E-state index is -0.876. The zero-order valence-electron chi connectivity index (χ0n) is 13.4. The fourth-order valence-electron chi connectivity index (χ4n) is 3.02. The number of hydrogen-bond acceptors (Lipinski definition) is 2. The molecule has 4 heteroatoms. The Kier molecular flexibility index (Phi) is 5.58. The molecule has 0 bridgehead atoms. The summed E-state index contributed by atoms with van der Waals surface area (Å²) in [4.78, 5) is 25.2. The van der Waals surface area contributed by atoms with Crippen LogP contribution < -0.4 is 0 Å². The lowest BCUT2D eigenvalue weighted by atomic mass is 9.92. The van der Waals surface area contributed by atoms with E-state index in [2.05, 4.69) is 38.1 Å². The van der Waals surface area contributed by atoms with Crippen LogP contribution in [0.25, 0.3) is 0 Å². The maximum atomic E-state index is 12.3. The van der Waals surface area contributed by atoms with Gasteiger partial charge < -0.3 is 10.0 Å². The predicted molar refractivity (Wildman–Crippen MR) is 85.7 cm³/mol. The average Bonchev–Trinajstić information content (AvgIpc) is 2.49. The van der Waals surface area contributed by atoms with Crippen molar-refractivity contribution >= 4 is 11.9 Å². The molecule has 0 spiro atoms. The highest BCUT2D eigenvalue weighted by molar-refractivity contribution is 5.83. The molecule has 1 aliphatic heterocycles. The number of piperidine rings is 1. The van der Waals surface area contributed by atoms with Crippen LogP contribution in [0.1, 0.15) is 43.7 Å². The third kappa shape index (κ3) is 4.33. The van der Waals surface area contributed by atoms with Gasteiger partial charge in [0.25, 0.3) is 0 Å². The van der Waals surface area contributed by atoms with Gasteiger partial charge in [-0.15, -0.1) is 0 Å². The van der Waals surface area contributed by atoms with Gasteiger partial charge in [-0.05, 0) is 44.1 Å². The van der Waals surface area contributed by atoms with Crippen LogP contribution in [0, 0.1) is 12.8 Å². The van der Waals surface area contributed by atoms with Crippen molar-refractivity contribution in [3.8, 4) is 0 Å². The number of hydrogen-bond donors (Lipinski definition) is 1. The van der Waals surface area contributed by atoms with E-state index in [4.69, 9.17) is 0 Å². The number of nitrogens with zero attached hydrogens (tertiary/aromatic N) is 1. The maximum absolute atomic E-state index is 12.3. The molecule has 1 fully saturated rings. The Morgan fingerprint density at radius 2 is 1.95 bits per heavy atom. The molecule has 1 aromatic rings. The summed E-state index contributed by atoms with van der Waals surface area (Å²) in [5.41, 5.74) is 2.45. The van der Waals surface area contributed by atoms with Gasteiger partial charge in [-0.25, -0.2) is 4.79 Å². The van der Waals surface area contributed by atoms with Crippen molar-refractivity contribution < 1.29 is 14.7 Å². The van der Waals surface area contributed by atoms with Gasteiger partial charge in [-0.2, -0.15) is 0 Å². The Morgan fingerprint density at radius 3 is 2.59 bits per heavy atom. The Morgan fingerprint density at radius 1 is 1.27 bits per heavy atom. The number of likely N-dealkylation sites (tertiary alicyclic amines) is 1. The van der Waals surface area contributed by atoms with Crippen LogP contribution in [0.2, 0.25) is 0 Å². The van der Waals surface area contributed by atoms with E-state index in [-0.39, 0.29) is 5.91 Å². The molecule has 1 aliphatic rings. The van der Waals surface area contributed by atoms with Crippen molar-refractivity contribution in [1.29, 1.82) is 0 Å². The molecule has 2 rings (SSSR count).